The van der Waals surface area contributed by atoms with E-state index in [9.17, 15) is 0 Å². The van der Waals surface area contributed by atoms with Crippen molar-refractivity contribution in [1.82, 2.24) is 15.0 Å². The summed E-state index contributed by atoms with van der Waals surface area (Å²) in [4.78, 5) is 0. The molecule has 0 atom stereocenters. The Labute approximate surface area is 113 Å². The summed E-state index contributed by atoms with van der Waals surface area (Å²) in [6.45, 7) is 0.398. The second-order valence-electron chi connectivity index (χ2n) is 3.56. The Bertz CT molecular complexity index is 515. The second kappa shape index (κ2) is 5.51. The number of aryl methyl sites for hydroxylation is 1. The topological polar surface area (TPSA) is 39.9 Å². The van der Waals surface area contributed by atoms with E-state index in [0.717, 1.165) is 17.0 Å². The molecule has 2 aromatic rings. The van der Waals surface area contributed by atoms with Crippen molar-refractivity contribution in [2.45, 2.75) is 11.9 Å². The van der Waals surface area contributed by atoms with Crippen LogP contribution in [-0.4, -0.2) is 15.0 Å². The molecule has 1 heterocycles. The Kier molecular flexibility index (Phi) is 4.02. The number of hydrogen-bond donors (Lipinski definition) is 0. The molecule has 0 unspecified atom stereocenters. The van der Waals surface area contributed by atoms with Gasteiger partial charge in [-0.15, -0.1) is 5.10 Å². The van der Waals surface area contributed by atoms with Crippen molar-refractivity contribution in [2.24, 2.45) is 7.05 Å². The molecule has 1 aromatic heterocycles. The highest BCUT2D eigenvalue weighted by Gasteiger charge is 2.05. The Morgan fingerprint density at radius 3 is 2.94 bits per heavy atom. The first-order valence-electron chi connectivity index (χ1n) is 5.01. The average molecular weight is 317 g/mol. The molecule has 0 saturated carbocycles. The fraction of sp³-hybridized carbons (Fsp3) is 0.273. The lowest BCUT2D eigenvalue weighted by atomic mass is 10.2. The average Bonchev–Trinajstić information content (AvgIpc) is 2.73. The summed E-state index contributed by atoms with van der Waals surface area (Å²) in [6.07, 6.45) is 1.82. The monoisotopic (exact) mass is 315 g/mol. The predicted octanol–water partition coefficient (Wildman–Crippen LogP) is 2.94. The quantitative estimate of drug-likeness (QED) is 0.814. The highest BCUT2D eigenvalue weighted by Crippen LogP contribution is 2.25. The molecule has 90 valence electrons. The maximum absolute atomic E-state index is 5.91. The zero-order valence-electron chi connectivity index (χ0n) is 9.23. The highest BCUT2D eigenvalue weighted by atomic mass is 79.9. The Balaban J connectivity index is 2.08. The van der Waals surface area contributed by atoms with Crippen molar-refractivity contribution < 1.29 is 4.74 Å². The lowest BCUT2D eigenvalue weighted by molar-refractivity contribution is 0.299. The van der Waals surface area contributed by atoms with Gasteiger partial charge < -0.3 is 4.74 Å². The number of aromatic nitrogens is 3. The van der Waals surface area contributed by atoms with Crippen LogP contribution in [0.4, 0.5) is 0 Å². The first kappa shape index (κ1) is 12.4. The molecule has 0 radical (unpaired) electrons. The third-order valence-electron chi connectivity index (χ3n) is 2.19. The van der Waals surface area contributed by atoms with E-state index in [2.05, 4.69) is 26.2 Å². The fourth-order valence-electron chi connectivity index (χ4n) is 1.41. The highest BCUT2D eigenvalue weighted by molar-refractivity contribution is 9.08. The van der Waals surface area contributed by atoms with Gasteiger partial charge in [-0.1, -0.05) is 32.7 Å². The van der Waals surface area contributed by atoms with Crippen LogP contribution in [0.2, 0.25) is 5.02 Å². The van der Waals surface area contributed by atoms with E-state index in [4.69, 9.17) is 16.3 Å². The van der Waals surface area contributed by atoms with Crippen molar-refractivity contribution in [3.05, 3.63) is 40.7 Å². The molecule has 6 heteroatoms. The molecule has 2 rings (SSSR count). The number of alkyl halides is 1. The number of nitrogens with zero attached hydrogens (tertiary/aromatic N) is 3. The van der Waals surface area contributed by atoms with Crippen LogP contribution in [0, 0.1) is 0 Å². The number of hydrogen-bond acceptors (Lipinski definition) is 3. The molecular formula is C11H11BrClN3O. The number of ether oxygens (including phenoxy) is 1. The maximum Gasteiger partial charge on any atom is 0.134 e. The van der Waals surface area contributed by atoms with E-state index in [1.54, 1.807) is 10.7 Å². The summed E-state index contributed by atoms with van der Waals surface area (Å²) in [6, 6.07) is 5.54. The lowest BCUT2D eigenvalue weighted by Crippen LogP contribution is -1.98. The van der Waals surface area contributed by atoms with Crippen molar-refractivity contribution in [2.75, 3.05) is 0 Å². The summed E-state index contributed by atoms with van der Waals surface area (Å²) >= 11 is 9.32. The summed E-state index contributed by atoms with van der Waals surface area (Å²) < 4.78 is 7.32. The molecule has 0 fully saturated rings. The normalized spacial score (nSPS) is 10.5. The smallest absolute Gasteiger partial charge is 0.134 e. The molecule has 0 spiro atoms. The van der Waals surface area contributed by atoms with E-state index in [1.165, 1.54) is 0 Å². The molecule has 0 aliphatic rings. The minimum atomic E-state index is 0.398. The van der Waals surface area contributed by atoms with Crippen molar-refractivity contribution in [3.8, 4) is 5.75 Å². The first-order chi connectivity index (χ1) is 8.19. The number of benzene rings is 1. The van der Waals surface area contributed by atoms with Gasteiger partial charge >= 0.3 is 0 Å². The maximum atomic E-state index is 5.91. The van der Waals surface area contributed by atoms with Crippen LogP contribution in [0.3, 0.4) is 0 Å². The summed E-state index contributed by atoms with van der Waals surface area (Å²) in [5.41, 5.74) is 1.81. The van der Waals surface area contributed by atoms with Gasteiger partial charge in [-0.05, 0) is 18.2 Å². The van der Waals surface area contributed by atoms with Crippen LogP contribution in [0.5, 0.6) is 5.75 Å². The number of halogens is 2. The zero-order valence-corrected chi connectivity index (χ0v) is 11.6. The largest absolute Gasteiger partial charge is 0.487 e. The molecule has 1 aromatic carbocycles. The van der Waals surface area contributed by atoms with E-state index in [-0.39, 0.29) is 0 Å². The Morgan fingerprint density at radius 2 is 2.29 bits per heavy atom. The van der Waals surface area contributed by atoms with Gasteiger partial charge in [-0.2, -0.15) is 0 Å². The molecule has 17 heavy (non-hydrogen) atoms. The zero-order chi connectivity index (χ0) is 12.3. The van der Waals surface area contributed by atoms with Gasteiger partial charge in [0.05, 0.1) is 6.20 Å². The molecular weight excluding hydrogens is 305 g/mol. The SMILES string of the molecule is Cn1cc(COc2ccc(Cl)cc2CBr)nn1. The molecule has 0 N–H and O–H groups in total. The van der Waals surface area contributed by atoms with E-state index in [1.807, 2.05) is 25.4 Å². The fourth-order valence-corrected chi connectivity index (χ4v) is 2.04. The third-order valence-corrected chi connectivity index (χ3v) is 3.03. The molecule has 0 aliphatic heterocycles. The first-order valence-corrected chi connectivity index (χ1v) is 6.51. The molecule has 4 nitrogen and oxygen atoms in total. The minimum Gasteiger partial charge on any atom is -0.487 e. The Hall–Kier alpha value is -1.07. The third kappa shape index (κ3) is 3.20. The van der Waals surface area contributed by atoms with Gasteiger partial charge in [0.25, 0.3) is 0 Å². The van der Waals surface area contributed by atoms with Gasteiger partial charge in [0.15, 0.2) is 0 Å². The molecule has 0 amide bonds. The van der Waals surface area contributed by atoms with Gasteiger partial charge in [0, 0.05) is 23.0 Å². The summed E-state index contributed by atoms with van der Waals surface area (Å²) in [5, 5.41) is 9.19. The van der Waals surface area contributed by atoms with Crippen LogP contribution in [0.15, 0.2) is 24.4 Å². The molecule has 0 saturated heterocycles. The summed E-state index contributed by atoms with van der Waals surface area (Å²) in [7, 11) is 1.82. The van der Waals surface area contributed by atoms with Crippen LogP contribution in [0.1, 0.15) is 11.3 Å². The number of rotatable bonds is 4. The van der Waals surface area contributed by atoms with Crippen LogP contribution < -0.4 is 4.74 Å². The van der Waals surface area contributed by atoms with Gasteiger partial charge in [-0.3, -0.25) is 4.68 Å². The van der Waals surface area contributed by atoms with E-state index >= 15 is 0 Å². The lowest BCUT2D eigenvalue weighted by Gasteiger charge is -2.08. The standard InChI is InChI=1S/C11H11BrClN3O/c1-16-6-10(14-15-16)7-17-11-3-2-9(13)4-8(11)5-12/h2-4,6H,5,7H2,1H3. The van der Waals surface area contributed by atoms with Crippen molar-refractivity contribution >= 4 is 27.5 Å². The summed E-state index contributed by atoms with van der Waals surface area (Å²) in [5.74, 6) is 0.803. The van der Waals surface area contributed by atoms with E-state index in [0.29, 0.717) is 17.0 Å². The minimum absolute atomic E-state index is 0.398. The molecule has 0 bridgehead atoms. The Morgan fingerprint density at radius 1 is 1.47 bits per heavy atom. The van der Waals surface area contributed by atoms with Gasteiger partial charge in [0.2, 0.25) is 0 Å². The van der Waals surface area contributed by atoms with Crippen molar-refractivity contribution in [3.63, 3.8) is 0 Å². The van der Waals surface area contributed by atoms with E-state index < -0.39 is 0 Å². The van der Waals surface area contributed by atoms with Crippen LogP contribution in [0.25, 0.3) is 0 Å². The molecule has 0 aliphatic carbocycles. The van der Waals surface area contributed by atoms with Gasteiger partial charge in [0.1, 0.15) is 18.1 Å². The van der Waals surface area contributed by atoms with Crippen LogP contribution in [-0.2, 0) is 19.0 Å². The van der Waals surface area contributed by atoms with Crippen molar-refractivity contribution in [1.29, 1.82) is 0 Å². The predicted molar refractivity (Wildman–Crippen MR) is 69.4 cm³/mol. The van der Waals surface area contributed by atoms with Crippen LogP contribution >= 0.6 is 27.5 Å². The second-order valence-corrected chi connectivity index (χ2v) is 4.56. The van der Waals surface area contributed by atoms with Gasteiger partial charge in [-0.25, -0.2) is 0 Å².